The second-order valence-corrected chi connectivity index (χ2v) is 8.36. The molecule has 2 heterocycles. The predicted molar refractivity (Wildman–Crippen MR) is 114 cm³/mol. The summed E-state index contributed by atoms with van der Waals surface area (Å²) in [5.74, 6) is 2.76. The third kappa shape index (κ3) is 4.32. The molecular formula is C21H29N5S. The summed E-state index contributed by atoms with van der Waals surface area (Å²) in [4.78, 5) is 0. The molecule has 0 spiro atoms. The first-order valence-electron chi connectivity index (χ1n) is 10.3. The van der Waals surface area contributed by atoms with Gasteiger partial charge in [-0.1, -0.05) is 38.3 Å². The van der Waals surface area contributed by atoms with E-state index in [-0.39, 0.29) is 0 Å². The minimum Gasteiger partial charge on any atom is -0.359 e. The number of rotatable bonds is 3. The molecule has 6 heteroatoms. The van der Waals surface area contributed by atoms with E-state index >= 15 is 0 Å². The number of hydrogen-bond donors (Lipinski definition) is 2. The van der Waals surface area contributed by atoms with E-state index in [1.165, 1.54) is 44.9 Å². The number of aryl methyl sites for hydroxylation is 1. The van der Waals surface area contributed by atoms with Crippen LogP contribution in [-0.4, -0.2) is 25.9 Å². The van der Waals surface area contributed by atoms with Gasteiger partial charge in [0.15, 0.2) is 10.9 Å². The second-order valence-electron chi connectivity index (χ2n) is 7.95. The Morgan fingerprint density at radius 3 is 2.89 bits per heavy atom. The highest BCUT2D eigenvalue weighted by Gasteiger charge is 2.22. The van der Waals surface area contributed by atoms with E-state index in [0.717, 1.165) is 35.9 Å². The minimum atomic E-state index is 0.481. The standard InChI is InChI=1S/C21H29N5S/c1-15-8-4-5-11-18(15)23-21(27)22-17-10-7-9-16(14-17)20-25-24-19-12-3-2-6-13-26(19)20/h7,9-10,14-15,18H,2-6,8,11-13H2,1H3,(H2,22,23,27)/t15-,18-/m0/s1. The first kappa shape index (κ1) is 18.4. The number of aromatic nitrogens is 3. The Kier molecular flexibility index (Phi) is 5.72. The zero-order chi connectivity index (χ0) is 18.6. The zero-order valence-electron chi connectivity index (χ0n) is 16.1. The number of fused-ring (bicyclic) bond motifs is 1. The van der Waals surface area contributed by atoms with Gasteiger partial charge in [0.1, 0.15) is 5.82 Å². The molecule has 2 atom stereocenters. The Morgan fingerprint density at radius 1 is 1.11 bits per heavy atom. The van der Waals surface area contributed by atoms with E-state index < -0.39 is 0 Å². The van der Waals surface area contributed by atoms with Crippen molar-refractivity contribution in [1.29, 1.82) is 0 Å². The predicted octanol–water partition coefficient (Wildman–Crippen LogP) is 4.54. The SMILES string of the molecule is C[C@H]1CCCC[C@@H]1NC(=S)Nc1cccc(-c2nnc3n2CCCCC3)c1. The lowest BCUT2D eigenvalue weighted by molar-refractivity contribution is 0.309. The van der Waals surface area contributed by atoms with Gasteiger partial charge in [0.05, 0.1) is 0 Å². The fraction of sp³-hybridized carbons (Fsp3) is 0.571. The molecule has 1 saturated carbocycles. The van der Waals surface area contributed by atoms with Crippen molar-refractivity contribution in [1.82, 2.24) is 20.1 Å². The van der Waals surface area contributed by atoms with Crippen LogP contribution in [0.4, 0.5) is 5.69 Å². The van der Waals surface area contributed by atoms with Crippen LogP contribution in [0.2, 0.25) is 0 Å². The fourth-order valence-electron chi connectivity index (χ4n) is 4.30. The van der Waals surface area contributed by atoms with E-state index in [1.54, 1.807) is 0 Å². The van der Waals surface area contributed by atoms with Gasteiger partial charge in [-0.05, 0) is 56.0 Å². The molecule has 1 aliphatic carbocycles. The molecule has 27 heavy (non-hydrogen) atoms. The van der Waals surface area contributed by atoms with Crippen molar-refractivity contribution >= 4 is 23.0 Å². The van der Waals surface area contributed by atoms with Crippen LogP contribution in [0.5, 0.6) is 0 Å². The summed E-state index contributed by atoms with van der Waals surface area (Å²) in [5, 5.41) is 16.5. The fourth-order valence-corrected chi connectivity index (χ4v) is 4.57. The van der Waals surface area contributed by atoms with Gasteiger partial charge in [-0.25, -0.2) is 0 Å². The van der Waals surface area contributed by atoms with Gasteiger partial charge in [0, 0.05) is 30.3 Å². The van der Waals surface area contributed by atoms with E-state index in [0.29, 0.717) is 17.1 Å². The maximum absolute atomic E-state index is 5.57. The molecule has 5 nitrogen and oxygen atoms in total. The average molecular weight is 384 g/mol. The number of anilines is 1. The summed E-state index contributed by atoms with van der Waals surface area (Å²) in [6, 6.07) is 8.82. The van der Waals surface area contributed by atoms with Gasteiger partial charge in [0.25, 0.3) is 0 Å². The number of hydrogen-bond acceptors (Lipinski definition) is 3. The number of thiocarbonyl (C=S) groups is 1. The largest absolute Gasteiger partial charge is 0.359 e. The topological polar surface area (TPSA) is 54.8 Å². The molecule has 4 rings (SSSR count). The molecule has 0 radical (unpaired) electrons. The van der Waals surface area contributed by atoms with Gasteiger partial charge in [-0.3, -0.25) is 0 Å². The summed E-state index contributed by atoms with van der Waals surface area (Å²) in [6.07, 6.45) is 9.82. The average Bonchev–Trinajstić information content (AvgIpc) is 2.92. The molecule has 2 aliphatic rings. The maximum Gasteiger partial charge on any atom is 0.171 e. The molecule has 1 fully saturated rings. The maximum atomic E-state index is 5.57. The van der Waals surface area contributed by atoms with Crippen molar-refractivity contribution in [2.45, 2.75) is 70.9 Å². The third-order valence-electron chi connectivity index (χ3n) is 5.92. The molecule has 0 bridgehead atoms. The highest BCUT2D eigenvalue weighted by molar-refractivity contribution is 7.80. The van der Waals surface area contributed by atoms with Crippen LogP contribution < -0.4 is 10.6 Å². The lowest BCUT2D eigenvalue weighted by atomic mass is 9.86. The molecule has 0 unspecified atom stereocenters. The van der Waals surface area contributed by atoms with Gasteiger partial charge >= 0.3 is 0 Å². The number of benzene rings is 1. The molecule has 1 aliphatic heterocycles. The van der Waals surface area contributed by atoms with Crippen LogP contribution in [-0.2, 0) is 13.0 Å². The number of nitrogens with one attached hydrogen (secondary N) is 2. The van der Waals surface area contributed by atoms with E-state index in [1.807, 2.05) is 0 Å². The number of nitrogens with zero attached hydrogens (tertiary/aromatic N) is 3. The second kappa shape index (κ2) is 8.38. The molecule has 2 aromatic rings. The van der Waals surface area contributed by atoms with Crippen molar-refractivity contribution < 1.29 is 0 Å². The molecule has 144 valence electrons. The molecular weight excluding hydrogens is 354 g/mol. The highest BCUT2D eigenvalue weighted by atomic mass is 32.1. The summed E-state index contributed by atoms with van der Waals surface area (Å²) in [6.45, 7) is 3.33. The van der Waals surface area contributed by atoms with Crippen LogP contribution in [0, 0.1) is 5.92 Å². The first-order chi connectivity index (χ1) is 13.2. The molecule has 1 aromatic heterocycles. The van der Waals surface area contributed by atoms with Gasteiger partial charge < -0.3 is 15.2 Å². The normalized spacial score (nSPS) is 22.6. The smallest absolute Gasteiger partial charge is 0.171 e. The summed E-state index contributed by atoms with van der Waals surface area (Å²) >= 11 is 5.57. The quantitative estimate of drug-likeness (QED) is 0.762. The van der Waals surface area contributed by atoms with Crippen LogP contribution in [0.15, 0.2) is 24.3 Å². The van der Waals surface area contributed by atoms with E-state index in [4.69, 9.17) is 12.2 Å². The van der Waals surface area contributed by atoms with Crippen molar-refractivity contribution in [2.24, 2.45) is 5.92 Å². The van der Waals surface area contributed by atoms with Crippen LogP contribution in [0.25, 0.3) is 11.4 Å². The minimum absolute atomic E-state index is 0.481. The van der Waals surface area contributed by atoms with Crippen LogP contribution in [0.3, 0.4) is 0 Å². The Morgan fingerprint density at radius 2 is 2.00 bits per heavy atom. The first-order valence-corrected chi connectivity index (χ1v) is 10.7. The summed E-state index contributed by atoms with van der Waals surface area (Å²) < 4.78 is 2.28. The van der Waals surface area contributed by atoms with Gasteiger partial charge in [0.2, 0.25) is 0 Å². The lowest BCUT2D eigenvalue weighted by Crippen LogP contribution is -2.43. The van der Waals surface area contributed by atoms with Crippen molar-refractivity contribution in [3.8, 4) is 11.4 Å². The lowest BCUT2D eigenvalue weighted by Gasteiger charge is -2.30. The van der Waals surface area contributed by atoms with Crippen molar-refractivity contribution in [3.05, 3.63) is 30.1 Å². The van der Waals surface area contributed by atoms with Crippen molar-refractivity contribution in [2.75, 3.05) is 5.32 Å². The van der Waals surface area contributed by atoms with Gasteiger partial charge in [-0.2, -0.15) is 0 Å². The van der Waals surface area contributed by atoms with E-state index in [2.05, 4.69) is 56.6 Å². The Bertz CT molecular complexity index is 800. The molecule has 0 amide bonds. The molecule has 2 N–H and O–H groups in total. The summed E-state index contributed by atoms with van der Waals surface area (Å²) in [7, 11) is 0. The summed E-state index contributed by atoms with van der Waals surface area (Å²) in [5.41, 5.74) is 2.09. The van der Waals surface area contributed by atoms with Crippen LogP contribution >= 0.6 is 12.2 Å². The Hall–Kier alpha value is -1.95. The Labute approximate surface area is 167 Å². The zero-order valence-corrected chi connectivity index (χ0v) is 16.9. The van der Waals surface area contributed by atoms with Gasteiger partial charge in [-0.15, -0.1) is 10.2 Å². The van der Waals surface area contributed by atoms with E-state index in [9.17, 15) is 0 Å². The monoisotopic (exact) mass is 383 g/mol. The molecule has 0 saturated heterocycles. The van der Waals surface area contributed by atoms with Crippen molar-refractivity contribution in [3.63, 3.8) is 0 Å². The van der Waals surface area contributed by atoms with Crippen LogP contribution in [0.1, 0.15) is 57.7 Å². The third-order valence-corrected chi connectivity index (χ3v) is 6.14. The highest BCUT2D eigenvalue weighted by Crippen LogP contribution is 2.26. The molecule has 1 aromatic carbocycles. The Balaban J connectivity index is 1.46.